The number of rotatable bonds is 2. The van der Waals surface area contributed by atoms with Crippen molar-refractivity contribution in [1.29, 1.82) is 0 Å². The smallest absolute Gasteiger partial charge is 0.330 e. The topological polar surface area (TPSA) is 85.4 Å². The molecule has 1 rings (SSSR count). The fourth-order valence-corrected chi connectivity index (χ4v) is 1.04. The molecule has 0 radical (unpaired) electrons. The lowest BCUT2D eigenvalue weighted by molar-refractivity contribution is -0.146. The Bertz CT molecular complexity index is 350. The van der Waals surface area contributed by atoms with E-state index in [1.807, 2.05) is 0 Å². The van der Waals surface area contributed by atoms with E-state index in [1.54, 1.807) is 0 Å². The van der Waals surface area contributed by atoms with Gasteiger partial charge >= 0.3 is 5.97 Å². The number of esters is 1. The molecule has 0 saturated heterocycles. The second-order valence-corrected chi connectivity index (χ2v) is 3.13. The minimum Gasteiger partial charge on any atom is -0.506 e. The Balaban J connectivity index is 3.09. The molecule has 1 atom stereocenters. The molecule has 0 aliphatic carbocycles. The number of aromatic hydroxyl groups is 1. The molecule has 1 aromatic heterocycles. The molecule has 0 unspecified atom stereocenters. The standard InChI is InChI=1S/C9H12N2O3/c1-9(10,8(13)14-2)6-3-7(12)5-11-4-6/h3-5,12H,10H2,1-2H3/t9-/m1/s1. The number of aromatic nitrogens is 1. The van der Waals surface area contributed by atoms with Crippen LogP contribution in [0.5, 0.6) is 5.75 Å². The molecule has 0 bridgehead atoms. The van der Waals surface area contributed by atoms with Crippen LogP contribution in [0.25, 0.3) is 0 Å². The molecule has 5 heteroatoms. The van der Waals surface area contributed by atoms with Gasteiger partial charge in [-0.05, 0) is 13.0 Å². The molecular weight excluding hydrogens is 184 g/mol. The predicted molar refractivity (Wildman–Crippen MR) is 49.5 cm³/mol. The summed E-state index contributed by atoms with van der Waals surface area (Å²) in [5, 5.41) is 9.16. The zero-order valence-electron chi connectivity index (χ0n) is 8.02. The molecular formula is C9H12N2O3. The van der Waals surface area contributed by atoms with Crippen molar-refractivity contribution in [3.8, 4) is 5.75 Å². The van der Waals surface area contributed by atoms with E-state index < -0.39 is 11.5 Å². The zero-order valence-corrected chi connectivity index (χ0v) is 8.02. The van der Waals surface area contributed by atoms with Crippen molar-refractivity contribution in [1.82, 2.24) is 4.98 Å². The first kappa shape index (κ1) is 10.5. The molecule has 1 aromatic rings. The van der Waals surface area contributed by atoms with Crippen LogP contribution in [0.4, 0.5) is 0 Å². The summed E-state index contributed by atoms with van der Waals surface area (Å²) in [5.74, 6) is -0.618. The molecule has 0 amide bonds. The van der Waals surface area contributed by atoms with E-state index in [2.05, 4.69) is 9.72 Å². The van der Waals surface area contributed by atoms with Crippen LogP contribution in [0.1, 0.15) is 12.5 Å². The predicted octanol–water partition coefficient (Wildman–Crippen LogP) is 0.134. The van der Waals surface area contributed by atoms with Crippen molar-refractivity contribution in [2.75, 3.05) is 7.11 Å². The molecule has 0 spiro atoms. The number of ether oxygens (including phenoxy) is 1. The van der Waals surface area contributed by atoms with Crippen molar-refractivity contribution < 1.29 is 14.6 Å². The minimum absolute atomic E-state index is 0.0388. The number of methoxy groups -OCH3 is 1. The quantitative estimate of drug-likeness (QED) is 0.657. The van der Waals surface area contributed by atoms with Gasteiger partial charge in [-0.2, -0.15) is 0 Å². The first-order valence-corrected chi connectivity index (χ1v) is 4.00. The van der Waals surface area contributed by atoms with Gasteiger partial charge in [0, 0.05) is 11.8 Å². The normalized spacial score (nSPS) is 14.5. The third-order valence-electron chi connectivity index (χ3n) is 1.93. The maximum atomic E-state index is 11.3. The van der Waals surface area contributed by atoms with E-state index in [9.17, 15) is 4.79 Å². The highest BCUT2D eigenvalue weighted by molar-refractivity contribution is 5.81. The van der Waals surface area contributed by atoms with Gasteiger partial charge < -0.3 is 15.6 Å². The Hall–Kier alpha value is -1.62. The summed E-state index contributed by atoms with van der Waals surface area (Å²) < 4.78 is 4.54. The first-order chi connectivity index (χ1) is 6.48. The molecule has 0 aliphatic rings. The second-order valence-electron chi connectivity index (χ2n) is 3.13. The monoisotopic (exact) mass is 196 g/mol. The largest absolute Gasteiger partial charge is 0.506 e. The van der Waals surface area contributed by atoms with Crippen LogP contribution < -0.4 is 5.73 Å². The first-order valence-electron chi connectivity index (χ1n) is 4.00. The fourth-order valence-electron chi connectivity index (χ4n) is 1.04. The summed E-state index contributed by atoms with van der Waals surface area (Å²) in [6.07, 6.45) is 2.67. The van der Waals surface area contributed by atoms with E-state index in [0.29, 0.717) is 5.56 Å². The molecule has 0 aromatic carbocycles. The number of nitrogens with zero attached hydrogens (tertiary/aromatic N) is 1. The lowest BCUT2D eigenvalue weighted by Gasteiger charge is -2.21. The summed E-state index contributed by atoms with van der Waals surface area (Å²) in [6, 6.07) is 1.38. The molecule has 76 valence electrons. The van der Waals surface area contributed by atoms with Gasteiger partial charge in [-0.3, -0.25) is 4.98 Å². The van der Waals surface area contributed by atoms with Gasteiger partial charge in [0.2, 0.25) is 0 Å². The third kappa shape index (κ3) is 1.82. The molecule has 1 heterocycles. The van der Waals surface area contributed by atoms with Crippen LogP contribution in [0, 0.1) is 0 Å². The maximum absolute atomic E-state index is 11.3. The van der Waals surface area contributed by atoms with E-state index in [0.717, 1.165) is 0 Å². The second kappa shape index (κ2) is 3.63. The van der Waals surface area contributed by atoms with Crippen molar-refractivity contribution in [2.24, 2.45) is 5.73 Å². The van der Waals surface area contributed by atoms with Crippen molar-refractivity contribution in [3.63, 3.8) is 0 Å². The van der Waals surface area contributed by atoms with Gasteiger partial charge in [0.15, 0.2) is 0 Å². The Morgan fingerprint density at radius 2 is 2.29 bits per heavy atom. The maximum Gasteiger partial charge on any atom is 0.330 e. The Morgan fingerprint density at radius 1 is 1.64 bits per heavy atom. The van der Waals surface area contributed by atoms with Crippen LogP contribution in [0.2, 0.25) is 0 Å². The highest BCUT2D eigenvalue weighted by Gasteiger charge is 2.32. The summed E-state index contributed by atoms with van der Waals surface area (Å²) in [4.78, 5) is 15.0. The fraction of sp³-hybridized carbons (Fsp3) is 0.333. The van der Waals surface area contributed by atoms with Crippen LogP contribution in [0.15, 0.2) is 18.5 Å². The van der Waals surface area contributed by atoms with Crippen LogP contribution >= 0.6 is 0 Å². The summed E-state index contributed by atoms with van der Waals surface area (Å²) in [5.41, 5.74) is 4.85. The average molecular weight is 196 g/mol. The van der Waals surface area contributed by atoms with Gasteiger partial charge in [-0.1, -0.05) is 0 Å². The number of nitrogens with two attached hydrogens (primary N) is 1. The van der Waals surface area contributed by atoms with Gasteiger partial charge in [0.05, 0.1) is 13.3 Å². The van der Waals surface area contributed by atoms with Crippen LogP contribution in [-0.4, -0.2) is 23.2 Å². The van der Waals surface area contributed by atoms with Crippen LogP contribution in [0.3, 0.4) is 0 Å². The van der Waals surface area contributed by atoms with E-state index in [1.165, 1.54) is 32.5 Å². The number of pyridine rings is 1. The molecule has 0 fully saturated rings. The van der Waals surface area contributed by atoms with Gasteiger partial charge in [0.1, 0.15) is 11.3 Å². The number of carbonyl (C=O) groups excluding carboxylic acids is 1. The van der Waals surface area contributed by atoms with E-state index in [-0.39, 0.29) is 5.75 Å². The molecule has 0 aliphatic heterocycles. The van der Waals surface area contributed by atoms with Gasteiger partial charge in [-0.25, -0.2) is 4.79 Å². The lowest BCUT2D eigenvalue weighted by atomic mass is 9.95. The molecule has 0 saturated carbocycles. The van der Waals surface area contributed by atoms with Crippen LogP contribution in [-0.2, 0) is 15.1 Å². The molecule has 5 nitrogen and oxygen atoms in total. The molecule has 3 N–H and O–H groups in total. The summed E-state index contributed by atoms with van der Waals surface area (Å²) >= 11 is 0. The third-order valence-corrected chi connectivity index (χ3v) is 1.93. The highest BCUT2D eigenvalue weighted by atomic mass is 16.5. The SMILES string of the molecule is COC(=O)[C@](C)(N)c1cncc(O)c1. The number of hydrogen-bond acceptors (Lipinski definition) is 5. The van der Waals surface area contributed by atoms with E-state index in [4.69, 9.17) is 10.8 Å². The lowest BCUT2D eigenvalue weighted by Crippen LogP contribution is -2.42. The Labute approximate surface area is 81.5 Å². The highest BCUT2D eigenvalue weighted by Crippen LogP contribution is 2.21. The zero-order chi connectivity index (χ0) is 10.8. The summed E-state index contributed by atoms with van der Waals surface area (Å²) in [6.45, 7) is 1.50. The van der Waals surface area contributed by atoms with Crippen molar-refractivity contribution in [2.45, 2.75) is 12.5 Å². The Kier molecular flexibility index (Phi) is 2.71. The Morgan fingerprint density at radius 3 is 2.79 bits per heavy atom. The van der Waals surface area contributed by atoms with E-state index >= 15 is 0 Å². The minimum atomic E-state index is -1.29. The van der Waals surface area contributed by atoms with Crippen molar-refractivity contribution >= 4 is 5.97 Å². The van der Waals surface area contributed by atoms with Crippen molar-refractivity contribution in [3.05, 3.63) is 24.0 Å². The van der Waals surface area contributed by atoms with Gasteiger partial charge in [-0.15, -0.1) is 0 Å². The number of hydrogen-bond donors (Lipinski definition) is 2. The number of carbonyl (C=O) groups is 1. The molecule has 14 heavy (non-hydrogen) atoms. The van der Waals surface area contributed by atoms with Gasteiger partial charge in [0.25, 0.3) is 0 Å². The average Bonchev–Trinajstić information content (AvgIpc) is 2.16. The summed E-state index contributed by atoms with van der Waals surface area (Å²) in [7, 11) is 1.25.